The lowest BCUT2D eigenvalue weighted by Crippen LogP contribution is -2.50. The van der Waals surface area contributed by atoms with Gasteiger partial charge in [-0.1, -0.05) is 41.1 Å². The predicted molar refractivity (Wildman–Crippen MR) is 108 cm³/mol. The highest BCUT2D eigenvalue weighted by Gasteiger charge is 2.45. The number of hydrogen-bond donors (Lipinski definition) is 2. The second kappa shape index (κ2) is 6.39. The number of amides is 2. The van der Waals surface area contributed by atoms with E-state index in [1.165, 1.54) is 17.8 Å². The van der Waals surface area contributed by atoms with Crippen LogP contribution in [-0.4, -0.2) is 16.6 Å². The van der Waals surface area contributed by atoms with Crippen LogP contribution in [0.1, 0.15) is 37.3 Å². The highest BCUT2D eigenvalue weighted by molar-refractivity contribution is 7.22. The average molecular weight is 400 g/mol. The molecular weight excluding hydrogens is 382 g/mol. The van der Waals surface area contributed by atoms with Gasteiger partial charge in [0.05, 0.1) is 16.3 Å². The van der Waals surface area contributed by atoms with E-state index in [-0.39, 0.29) is 17.7 Å². The van der Waals surface area contributed by atoms with Crippen molar-refractivity contribution in [2.24, 2.45) is 0 Å². The van der Waals surface area contributed by atoms with E-state index in [1.807, 2.05) is 36.4 Å². The number of para-hydroxylation sites is 1. The smallest absolute Gasteiger partial charge is 0.321 e. The molecular formula is C20H18ClN3O2S. The van der Waals surface area contributed by atoms with Crippen LogP contribution in [-0.2, 0) is 0 Å². The molecule has 1 fully saturated rings. The Morgan fingerprint density at radius 2 is 2.11 bits per heavy atom. The lowest BCUT2D eigenvalue weighted by molar-refractivity contribution is -0.0354. The highest BCUT2D eigenvalue weighted by atomic mass is 35.5. The summed E-state index contributed by atoms with van der Waals surface area (Å²) >= 11 is 7.43. The second-order valence-corrected chi connectivity index (χ2v) is 8.63. The largest absolute Gasteiger partial charge is 0.487 e. The Labute approximate surface area is 165 Å². The maximum atomic E-state index is 12.6. The van der Waals surface area contributed by atoms with Crippen LogP contribution < -0.4 is 15.4 Å². The van der Waals surface area contributed by atoms with E-state index in [0.717, 1.165) is 40.8 Å². The first kappa shape index (κ1) is 16.8. The molecule has 7 heteroatoms. The first-order valence-electron chi connectivity index (χ1n) is 9.02. The number of thiazole rings is 1. The standard InChI is InChI=1S/C20H18ClN3O2S/c21-12-6-7-14-17(10-12)27-19(23-14)24-18(25)22-15-11-20(8-3-9-20)26-16-5-2-1-4-13(15)16/h1-2,4-7,10,15H,3,8-9,11H2,(H2,22,23,24,25). The van der Waals surface area contributed by atoms with Crippen molar-refractivity contribution in [1.29, 1.82) is 0 Å². The summed E-state index contributed by atoms with van der Waals surface area (Å²) in [5.41, 5.74) is 1.73. The van der Waals surface area contributed by atoms with Crippen LogP contribution in [0, 0.1) is 0 Å². The summed E-state index contributed by atoms with van der Waals surface area (Å²) in [5.74, 6) is 0.878. The molecule has 3 aromatic rings. The fourth-order valence-corrected chi connectivity index (χ4v) is 5.00. The first-order valence-corrected chi connectivity index (χ1v) is 10.2. The fourth-order valence-electron chi connectivity index (χ4n) is 3.87. The number of carbonyl (C=O) groups excluding carboxylic acids is 1. The summed E-state index contributed by atoms with van der Waals surface area (Å²) in [4.78, 5) is 17.1. The molecule has 0 saturated heterocycles. The quantitative estimate of drug-likeness (QED) is 0.596. The summed E-state index contributed by atoms with van der Waals surface area (Å²) in [5, 5.41) is 7.20. The zero-order chi connectivity index (χ0) is 18.4. The molecule has 138 valence electrons. The summed E-state index contributed by atoms with van der Waals surface area (Å²) in [7, 11) is 0. The average Bonchev–Trinajstić information content (AvgIpc) is 3.01. The number of anilines is 1. The molecule has 1 spiro atoms. The molecule has 2 aliphatic rings. The SMILES string of the molecule is O=C(Nc1nc2ccc(Cl)cc2s1)NC1CC2(CCC2)Oc2ccccc21. The van der Waals surface area contributed by atoms with Gasteiger partial charge >= 0.3 is 6.03 Å². The number of benzene rings is 2. The normalized spacial score (nSPS) is 19.8. The Balaban J connectivity index is 1.35. The maximum absolute atomic E-state index is 12.6. The van der Waals surface area contributed by atoms with E-state index < -0.39 is 0 Å². The lowest BCUT2D eigenvalue weighted by Gasteiger charge is -2.47. The van der Waals surface area contributed by atoms with Crippen LogP contribution in [0.15, 0.2) is 42.5 Å². The molecule has 1 unspecified atom stereocenters. The van der Waals surface area contributed by atoms with Gasteiger partial charge in [0.25, 0.3) is 0 Å². The molecule has 1 atom stereocenters. The minimum atomic E-state index is -0.253. The van der Waals surface area contributed by atoms with Gasteiger partial charge in [-0.3, -0.25) is 5.32 Å². The van der Waals surface area contributed by atoms with Crippen LogP contribution in [0.25, 0.3) is 10.2 Å². The molecule has 0 bridgehead atoms. The molecule has 1 aromatic heterocycles. The van der Waals surface area contributed by atoms with Gasteiger partial charge in [0.15, 0.2) is 5.13 Å². The van der Waals surface area contributed by atoms with E-state index in [2.05, 4.69) is 15.6 Å². The number of hydrogen-bond acceptors (Lipinski definition) is 4. The summed E-state index contributed by atoms with van der Waals surface area (Å²) < 4.78 is 7.19. The van der Waals surface area contributed by atoms with Gasteiger partial charge < -0.3 is 10.1 Å². The number of halogens is 1. The van der Waals surface area contributed by atoms with E-state index in [0.29, 0.717) is 10.2 Å². The number of urea groups is 1. The highest BCUT2D eigenvalue weighted by Crippen LogP contribution is 2.48. The molecule has 0 radical (unpaired) electrons. The summed E-state index contributed by atoms with van der Waals surface area (Å²) in [6.45, 7) is 0. The van der Waals surface area contributed by atoms with Crippen molar-refractivity contribution in [2.45, 2.75) is 37.3 Å². The third kappa shape index (κ3) is 3.13. The Bertz CT molecular complexity index is 1030. The van der Waals surface area contributed by atoms with E-state index in [4.69, 9.17) is 16.3 Å². The van der Waals surface area contributed by atoms with Crippen LogP contribution in [0.4, 0.5) is 9.93 Å². The van der Waals surface area contributed by atoms with Crippen molar-refractivity contribution in [2.75, 3.05) is 5.32 Å². The van der Waals surface area contributed by atoms with E-state index in [1.54, 1.807) is 6.07 Å². The van der Waals surface area contributed by atoms with Crippen molar-refractivity contribution in [3.8, 4) is 5.75 Å². The summed E-state index contributed by atoms with van der Waals surface area (Å²) in [6.07, 6.45) is 4.06. The Morgan fingerprint density at radius 3 is 2.93 bits per heavy atom. The molecule has 2 aromatic carbocycles. The molecule has 1 saturated carbocycles. The van der Waals surface area contributed by atoms with E-state index in [9.17, 15) is 4.79 Å². The molecule has 1 aliphatic carbocycles. The van der Waals surface area contributed by atoms with Crippen LogP contribution in [0.2, 0.25) is 5.02 Å². The zero-order valence-electron chi connectivity index (χ0n) is 14.5. The van der Waals surface area contributed by atoms with Gasteiger partial charge in [0.2, 0.25) is 0 Å². The Hall–Kier alpha value is -2.31. The minimum absolute atomic E-state index is 0.0703. The van der Waals surface area contributed by atoms with Crippen LogP contribution in [0.5, 0.6) is 5.75 Å². The summed E-state index contributed by atoms with van der Waals surface area (Å²) in [6, 6.07) is 13.1. The Morgan fingerprint density at radius 1 is 1.26 bits per heavy atom. The van der Waals surface area contributed by atoms with Crippen molar-refractivity contribution in [1.82, 2.24) is 10.3 Å². The van der Waals surface area contributed by atoms with Gasteiger partial charge in [-0.2, -0.15) is 0 Å². The Kier molecular flexibility index (Phi) is 3.98. The third-order valence-electron chi connectivity index (χ3n) is 5.34. The molecule has 5 nitrogen and oxygen atoms in total. The minimum Gasteiger partial charge on any atom is -0.487 e. The van der Waals surface area contributed by atoms with Crippen molar-refractivity contribution in [3.05, 3.63) is 53.1 Å². The molecule has 27 heavy (non-hydrogen) atoms. The zero-order valence-corrected chi connectivity index (χ0v) is 16.1. The van der Waals surface area contributed by atoms with Crippen molar-refractivity contribution < 1.29 is 9.53 Å². The molecule has 1 aliphatic heterocycles. The topological polar surface area (TPSA) is 63.2 Å². The van der Waals surface area contributed by atoms with Crippen LogP contribution in [0.3, 0.4) is 0 Å². The van der Waals surface area contributed by atoms with Gasteiger partial charge in [-0.05, 0) is 43.5 Å². The van der Waals surface area contributed by atoms with Gasteiger partial charge in [0.1, 0.15) is 11.4 Å². The van der Waals surface area contributed by atoms with Crippen molar-refractivity contribution >= 4 is 44.3 Å². The second-order valence-electron chi connectivity index (χ2n) is 7.16. The number of fused-ring (bicyclic) bond motifs is 2. The number of aromatic nitrogens is 1. The van der Waals surface area contributed by atoms with E-state index >= 15 is 0 Å². The van der Waals surface area contributed by atoms with Crippen LogP contribution >= 0.6 is 22.9 Å². The molecule has 5 rings (SSSR count). The van der Waals surface area contributed by atoms with Crippen molar-refractivity contribution in [3.63, 3.8) is 0 Å². The third-order valence-corrected chi connectivity index (χ3v) is 6.51. The van der Waals surface area contributed by atoms with Gasteiger partial charge in [0, 0.05) is 17.0 Å². The number of rotatable bonds is 2. The fraction of sp³-hybridized carbons (Fsp3) is 0.300. The van der Waals surface area contributed by atoms with Gasteiger partial charge in [-0.15, -0.1) is 0 Å². The first-order chi connectivity index (χ1) is 13.1. The van der Waals surface area contributed by atoms with Gasteiger partial charge in [-0.25, -0.2) is 9.78 Å². The number of nitrogens with zero attached hydrogens (tertiary/aromatic N) is 1. The maximum Gasteiger partial charge on any atom is 0.321 e. The number of carbonyl (C=O) groups is 1. The predicted octanol–water partition coefficient (Wildman–Crippen LogP) is 5.52. The molecule has 2 heterocycles. The molecule has 2 amide bonds. The number of ether oxygens (including phenoxy) is 1. The molecule has 2 N–H and O–H groups in total. The number of nitrogens with one attached hydrogen (secondary N) is 2. The monoisotopic (exact) mass is 399 g/mol. The lowest BCUT2D eigenvalue weighted by atomic mass is 9.73.